The lowest BCUT2D eigenvalue weighted by Crippen LogP contribution is -1.97. The van der Waals surface area contributed by atoms with Crippen LogP contribution in [0.15, 0.2) is 63.5 Å². The van der Waals surface area contributed by atoms with Crippen LogP contribution in [-0.2, 0) is 0 Å². The molecule has 0 aliphatic heterocycles. The van der Waals surface area contributed by atoms with E-state index in [1.54, 1.807) is 55.6 Å². The summed E-state index contributed by atoms with van der Waals surface area (Å²) in [6, 6.07) is 15.1. The lowest BCUT2D eigenvalue weighted by atomic mass is 10.2. The molecule has 0 radical (unpaired) electrons. The quantitative estimate of drug-likeness (QED) is 0.420. The molecule has 0 aliphatic rings. The Labute approximate surface area is 166 Å². The number of halogens is 3. The molecule has 3 aromatic rings. The summed E-state index contributed by atoms with van der Waals surface area (Å²) in [6.07, 6.45) is 0. The Hall–Kier alpha value is -2.25. The van der Waals surface area contributed by atoms with Gasteiger partial charge < -0.3 is 19.9 Å². The molecule has 0 aliphatic carbocycles. The van der Waals surface area contributed by atoms with Crippen molar-refractivity contribution in [3.8, 4) is 28.7 Å². The number of rotatable bonds is 5. The molecule has 0 amide bonds. The lowest BCUT2D eigenvalue weighted by molar-refractivity contribution is 0.405. The van der Waals surface area contributed by atoms with Gasteiger partial charge in [-0.3, -0.25) is 0 Å². The molecule has 0 unspecified atom stereocenters. The van der Waals surface area contributed by atoms with E-state index in [1.165, 1.54) is 6.07 Å². The summed E-state index contributed by atoms with van der Waals surface area (Å²) in [5.41, 5.74) is 6.47. The van der Waals surface area contributed by atoms with Crippen LogP contribution in [0.4, 0.5) is 10.1 Å². The molecule has 4 nitrogen and oxygen atoms in total. The Kier molecular flexibility index (Phi) is 5.68. The first-order chi connectivity index (χ1) is 12.5. The van der Waals surface area contributed by atoms with Crippen molar-refractivity contribution >= 4 is 37.5 Å². The van der Waals surface area contributed by atoms with E-state index >= 15 is 0 Å². The maximum absolute atomic E-state index is 13.7. The third-order valence-electron chi connectivity index (χ3n) is 3.53. The Morgan fingerprint density at radius 1 is 0.731 bits per heavy atom. The lowest BCUT2D eigenvalue weighted by Gasteiger charge is -2.15. The second-order valence-electron chi connectivity index (χ2n) is 5.20. The first-order valence-electron chi connectivity index (χ1n) is 7.52. The largest absolute Gasteiger partial charge is 0.495 e. The first-order valence-corrected chi connectivity index (χ1v) is 9.10. The monoisotopic (exact) mass is 481 g/mol. The molecule has 26 heavy (non-hydrogen) atoms. The third kappa shape index (κ3) is 3.78. The van der Waals surface area contributed by atoms with Crippen molar-refractivity contribution in [2.24, 2.45) is 0 Å². The van der Waals surface area contributed by atoms with Gasteiger partial charge in [0.15, 0.2) is 11.5 Å². The van der Waals surface area contributed by atoms with E-state index in [0.717, 1.165) is 0 Å². The Morgan fingerprint density at radius 3 is 1.77 bits per heavy atom. The van der Waals surface area contributed by atoms with E-state index in [2.05, 4.69) is 31.9 Å². The average Bonchev–Trinajstić information content (AvgIpc) is 2.64. The van der Waals surface area contributed by atoms with Crippen molar-refractivity contribution < 1.29 is 18.6 Å². The van der Waals surface area contributed by atoms with Gasteiger partial charge in [0.05, 0.1) is 11.6 Å². The summed E-state index contributed by atoms with van der Waals surface area (Å²) < 4.78 is 31.5. The highest BCUT2D eigenvalue weighted by molar-refractivity contribution is 9.11. The fourth-order valence-corrected chi connectivity index (χ4v) is 3.08. The minimum absolute atomic E-state index is 0.223. The van der Waals surface area contributed by atoms with Gasteiger partial charge in [0, 0.05) is 0 Å². The topological polar surface area (TPSA) is 53.7 Å². The van der Waals surface area contributed by atoms with Crippen LogP contribution in [0, 0.1) is 5.82 Å². The highest BCUT2D eigenvalue weighted by Gasteiger charge is 2.14. The normalized spacial score (nSPS) is 10.5. The average molecular weight is 483 g/mol. The van der Waals surface area contributed by atoms with Crippen LogP contribution in [0.1, 0.15) is 0 Å². The number of methoxy groups -OCH3 is 1. The van der Waals surface area contributed by atoms with Gasteiger partial charge in [-0.2, -0.15) is 0 Å². The van der Waals surface area contributed by atoms with Crippen LogP contribution < -0.4 is 19.9 Å². The zero-order valence-electron chi connectivity index (χ0n) is 13.6. The highest BCUT2D eigenvalue weighted by atomic mass is 79.9. The highest BCUT2D eigenvalue weighted by Crippen LogP contribution is 2.42. The Bertz CT molecular complexity index is 950. The Morgan fingerprint density at radius 2 is 1.19 bits per heavy atom. The summed E-state index contributed by atoms with van der Waals surface area (Å²) in [5, 5.41) is 0. The predicted molar refractivity (Wildman–Crippen MR) is 106 cm³/mol. The molecule has 0 bridgehead atoms. The molecule has 0 saturated carbocycles. The molecule has 0 fully saturated rings. The zero-order valence-corrected chi connectivity index (χ0v) is 16.8. The standard InChI is InChI=1S/C19H14Br2FNO3/c1-24-12-6-3-8-14(18(12)21)26-16-10-4-9-15(19(16)23)25-13-7-2-5-11(22)17(13)20/h2-10H,23H2,1H3. The van der Waals surface area contributed by atoms with E-state index < -0.39 is 5.82 Å². The summed E-state index contributed by atoms with van der Waals surface area (Å²) in [7, 11) is 1.57. The van der Waals surface area contributed by atoms with E-state index in [4.69, 9.17) is 19.9 Å². The van der Waals surface area contributed by atoms with E-state index in [1.807, 2.05) is 0 Å². The van der Waals surface area contributed by atoms with Crippen LogP contribution in [0.2, 0.25) is 0 Å². The minimum atomic E-state index is -0.422. The molecule has 0 spiro atoms. The summed E-state index contributed by atoms with van der Waals surface area (Å²) in [5.74, 6) is 1.83. The minimum Gasteiger partial charge on any atom is -0.495 e. The molecular weight excluding hydrogens is 469 g/mol. The number of anilines is 1. The molecule has 0 atom stereocenters. The Balaban J connectivity index is 1.92. The van der Waals surface area contributed by atoms with Crippen LogP contribution in [0.5, 0.6) is 28.7 Å². The molecule has 7 heteroatoms. The van der Waals surface area contributed by atoms with Crippen LogP contribution >= 0.6 is 31.9 Å². The van der Waals surface area contributed by atoms with Gasteiger partial charge >= 0.3 is 0 Å². The van der Waals surface area contributed by atoms with Gasteiger partial charge in [-0.15, -0.1) is 0 Å². The summed E-state index contributed by atoms with van der Waals surface area (Å²) in [6.45, 7) is 0. The van der Waals surface area contributed by atoms with Crippen molar-refractivity contribution in [2.75, 3.05) is 12.8 Å². The van der Waals surface area contributed by atoms with Gasteiger partial charge in [-0.05, 0) is 68.3 Å². The van der Waals surface area contributed by atoms with E-state index in [0.29, 0.717) is 38.9 Å². The van der Waals surface area contributed by atoms with Crippen molar-refractivity contribution in [1.82, 2.24) is 0 Å². The second kappa shape index (κ2) is 7.97. The number of benzene rings is 3. The number of hydrogen-bond donors (Lipinski definition) is 1. The maximum atomic E-state index is 13.7. The van der Waals surface area contributed by atoms with Crippen molar-refractivity contribution in [1.29, 1.82) is 0 Å². The van der Waals surface area contributed by atoms with Crippen LogP contribution in [0.25, 0.3) is 0 Å². The molecule has 3 rings (SSSR count). The number of hydrogen-bond acceptors (Lipinski definition) is 4. The summed E-state index contributed by atoms with van der Waals surface area (Å²) >= 11 is 6.61. The molecule has 0 saturated heterocycles. The molecule has 134 valence electrons. The molecule has 2 N–H and O–H groups in total. The van der Waals surface area contributed by atoms with Gasteiger partial charge in [0.2, 0.25) is 0 Å². The van der Waals surface area contributed by atoms with Crippen molar-refractivity contribution in [3.05, 3.63) is 69.4 Å². The molecule has 3 aromatic carbocycles. The van der Waals surface area contributed by atoms with Crippen LogP contribution in [0.3, 0.4) is 0 Å². The van der Waals surface area contributed by atoms with Gasteiger partial charge in [-0.25, -0.2) is 4.39 Å². The predicted octanol–water partition coefficient (Wildman–Crippen LogP) is 6.53. The van der Waals surface area contributed by atoms with Gasteiger partial charge in [-0.1, -0.05) is 18.2 Å². The smallest absolute Gasteiger partial charge is 0.154 e. The third-order valence-corrected chi connectivity index (χ3v) is 5.08. The first kappa shape index (κ1) is 18.5. The SMILES string of the molecule is COc1cccc(Oc2cccc(Oc3cccc(F)c3Br)c2N)c1Br. The fourth-order valence-electron chi connectivity index (χ4n) is 2.23. The zero-order chi connectivity index (χ0) is 18.7. The van der Waals surface area contributed by atoms with Crippen molar-refractivity contribution in [3.63, 3.8) is 0 Å². The maximum Gasteiger partial charge on any atom is 0.154 e. The second-order valence-corrected chi connectivity index (χ2v) is 6.78. The van der Waals surface area contributed by atoms with E-state index in [-0.39, 0.29) is 4.47 Å². The number of nitrogens with two attached hydrogens (primary N) is 1. The van der Waals surface area contributed by atoms with Gasteiger partial charge in [0.25, 0.3) is 0 Å². The summed E-state index contributed by atoms with van der Waals surface area (Å²) in [4.78, 5) is 0. The molecule has 0 aromatic heterocycles. The molecule has 0 heterocycles. The van der Waals surface area contributed by atoms with Crippen LogP contribution in [-0.4, -0.2) is 7.11 Å². The van der Waals surface area contributed by atoms with Gasteiger partial charge in [0.1, 0.15) is 33.2 Å². The fraction of sp³-hybridized carbons (Fsp3) is 0.0526. The number of nitrogen functional groups attached to an aromatic ring is 1. The van der Waals surface area contributed by atoms with Crippen molar-refractivity contribution in [2.45, 2.75) is 0 Å². The molecular formula is C19H14Br2FNO3. The number of ether oxygens (including phenoxy) is 3. The van der Waals surface area contributed by atoms with E-state index in [9.17, 15) is 4.39 Å². The number of para-hydroxylation sites is 1.